The van der Waals surface area contributed by atoms with E-state index in [4.69, 9.17) is 24.8 Å². The number of phosphoric acid groups is 1. The number of rotatable bonds is 39. The SMILES string of the molecule is CCCCC/C=C\C/C=C\C/C=C\C/C=C\CCCCCC(=O)OC[C@H](COP(=O)(O)OC[C@H](N)C(=O)O)OC(=O)CCC/C=C\C/C=C\C/C=C\C/C=C\C=C\[C@H](O)CC. The predicted molar refractivity (Wildman–Crippen MR) is 246 cm³/mol. The molecule has 0 aliphatic carbocycles. The number of carboxylic acid groups (broad SMARTS) is 1. The summed E-state index contributed by atoms with van der Waals surface area (Å²) >= 11 is 0. The van der Waals surface area contributed by atoms with E-state index in [9.17, 15) is 28.9 Å². The molecule has 0 radical (unpaired) electrons. The molecule has 0 aromatic carbocycles. The van der Waals surface area contributed by atoms with Crippen molar-refractivity contribution in [3.8, 4) is 0 Å². The van der Waals surface area contributed by atoms with Crippen LogP contribution in [0, 0.1) is 0 Å². The zero-order valence-electron chi connectivity index (χ0n) is 36.8. The van der Waals surface area contributed by atoms with Crippen molar-refractivity contribution in [2.75, 3.05) is 19.8 Å². The smallest absolute Gasteiger partial charge is 0.472 e. The fourth-order valence-corrected chi connectivity index (χ4v) is 5.81. The molecule has 0 saturated heterocycles. The van der Waals surface area contributed by atoms with E-state index in [0.29, 0.717) is 25.7 Å². The first kappa shape index (κ1) is 57.1. The summed E-state index contributed by atoms with van der Waals surface area (Å²) < 4.78 is 32.6. The molecule has 13 heteroatoms. The molecule has 0 aromatic heterocycles. The van der Waals surface area contributed by atoms with Crippen LogP contribution < -0.4 is 5.73 Å². The molecule has 0 rings (SSSR count). The number of carboxylic acids is 1. The number of carbonyl (C=O) groups is 3. The van der Waals surface area contributed by atoms with Crippen molar-refractivity contribution < 1.29 is 52.6 Å². The molecule has 5 N–H and O–H groups in total. The standard InChI is InChI=1S/C48H76NO11P/c1-3-5-6-7-8-9-10-11-12-13-14-15-16-20-23-26-29-32-35-38-46(51)57-40-44(41-58-61(55,56)59-42-45(49)48(53)54)60-47(52)39-36-33-30-27-24-21-18-17-19-22-25-28-31-34-37-43(50)4-2/h8-9,11-12,14-15,18-23,27-28,30-31,34,37,43-45,50H,3-7,10,13,16-17,24-26,29,32-33,35-36,38-42,49H2,1-2H3,(H,53,54)(H,55,56)/b9-8-,12-11-,15-14-,21-18-,22-19-,23-20-,30-27-,31-28-,37-34+/t43-,44-,45+/m1/s1. The van der Waals surface area contributed by atoms with Crippen LogP contribution in [-0.2, 0) is 37.5 Å². The number of aliphatic hydroxyl groups excluding tert-OH is 1. The Kier molecular flexibility index (Phi) is 38.8. The maximum atomic E-state index is 12.6. The summed E-state index contributed by atoms with van der Waals surface area (Å²) in [5.41, 5.74) is 5.32. The van der Waals surface area contributed by atoms with E-state index in [2.05, 4.69) is 84.4 Å². The van der Waals surface area contributed by atoms with E-state index in [1.54, 1.807) is 6.08 Å². The molecule has 0 heterocycles. The highest BCUT2D eigenvalue weighted by atomic mass is 31.2. The summed E-state index contributed by atoms with van der Waals surface area (Å²) in [6.45, 7) is 2.32. The van der Waals surface area contributed by atoms with Crippen LogP contribution in [0.1, 0.15) is 136 Å². The molecule has 0 aliphatic heterocycles. The molecule has 0 bridgehead atoms. The summed E-state index contributed by atoms with van der Waals surface area (Å²) in [4.78, 5) is 46.0. The lowest BCUT2D eigenvalue weighted by atomic mass is 10.1. The Labute approximate surface area is 366 Å². The molecular weight excluding hydrogens is 797 g/mol. The average molecular weight is 874 g/mol. The number of ether oxygens (including phenoxy) is 2. The van der Waals surface area contributed by atoms with Gasteiger partial charge < -0.3 is 30.3 Å². The normalized spacial score (nSPS) is 15.2. The first-order valence-electron chi connectivity index (χ1n) is 22.0. The molecule has 0 saturated carbocycles. The Morgan fingerprint density at radius 2 is 1.07 bits per heavy atom. The summed E-state index contributed by atoms with van der Waals surface area (Å²) in [6.07, 6.45) is 51.1. The molecule has 0 spiro atoms. The van der Waals surface area contributed by atoms with Gasteiger partial charge in [-0.2, -0.15) is 0 Å². The van der Waals surface area contributed by atoms with Crippen molar-refractivity contribution in [3.05, 3.63) is 109 Å². The second kappa shape index (κ2) is 41.5. The lowest BCUT2D eigenvalue weighted by molar-refractivity contribution is -0.161. The van der Waals surface area contributed by atoms with E-state index in [-0.39, 0.29) is 12.8 Å². The quantitative estimate of drug-likeness (QED) is 0.0150. The number of allylic oxidation sites excluding steroid dienone is 17. The van der Waals surface area contributed by atoms with E-state index >= 15 is 0 Å². The molecule has 0 fully saturated rings. The minimum atomic E-state index is -4.76. The Hall–Kier alpha value is -3.90. The molecule has 0 aromatic rings. The van der Waals surface area contributed by atoms with Gasteiger partial charge in [0, 0.05) is 12.8 Å². The maximum absolute atomic E-state index is 12.6. The van der Waals surface area contributed by atoms with E-state index < -0.39 is 63.8 Å². The van der Waals surface area contributed by atoms with E-state index in [0.717, 1.165) is 64.2 Å². The van der Waals surface area contributed by atoms with Gasteiger partial charge in [0.1, 0.15) is 12.6 Å². The van der Waals surface area contributed by atoms with Crippen LogP contribution in [0.25, 0.3) is 0 Å². The zero-order chi connectivity index (χ0) is 45.1. The highest BCUT2D eigenvalue weighted by Crippen LogP contribution is 2.43. The van der Waals surface area contributed by atoms with Gasteiger partial charge in [0.05, 0.1) is 19.3 Å². The maximum Gasteiger partial charge on any atom is 0.472 e. The van der Waals surface area contributed by atoms with Crippen LogP contribution in [0.5, 0.6) is 0 Å². The van der Waals surface area contributed by atoms with Gasteiger partial charge in [-0.3, -0.25) is 23.4 Å². The Morgan fingerprint density at radius 3 is 1.59 bits per heavy atom. The van der Waals surface area contributed by atoms with E-state index in [1.807, 2.05) is 37.3 Å². The zero-order valence-corrected chi connectivity index (χ0v) is 37.7. The summed E-state index contributed by atoms with van der Waals surface area (Å²) in [7, 11) is -4.76. The summed E-state index contributed by atoms with van der Waals surface area (Å²) in [5.74, 6) is -2.54. The number of unbranched alkanes of at least 4 members (excludes halogenated alkanes) is 7. The van der Waals surface area contributed by atoms with Gasteiger partial charge in [-0.05, 0) is 89.9 Å². The van der Waals surface area contributed by atoms with Crippen molar-refractivity contribution in [2.45, 2.75) is 154 Å². The van der Waals surface area contributed by atoms with E-state index in [1.165, 1.54) is 19.3 Å². The molecule has 1 unspecified atom stereocenters. The van der Waals surface area contributed by atoms with Crippen molar-refractivity contribution >= 4 is 25.7 Å². The van der Waals surface area contributed by atoms with Gasteiger partial charge in [-0.1, -0.05) is 142 Å². The highest BCUT2D eigenvalue weighted by molar-refractivity contribution is 7.47. The second-order valence-corrected chi connectivity index (χ2v) is 15.7. The van der Waals surface area contributed by atoms with Crippen LogP contribution in [0.4, 0.5) is 0 Å². The van der Waals surface area contributed by atoms with Crippen molar-refractivity contribution in [1.29, 1.82) is 0 Å². The van der Waals surface area contributed by atoms with Crippen molar-refractivity contribution in [3.63, 3.8) is 0 Å². The van der Waals surface area contributed by atoms with Gasteiger partial charge in [-0.15, -0.1) is 0 Å². The predicted octanol–water partition coefficient (Wildman–Crippen LogP) is 10.8. The fourth-order valence-electron chi connectivity index (χ4n) is 5.03. The number of aliphatic hydroxyl groups is 1. The fraction of sp³-hybridized carbons (Fsp3) is 0.562. The Bertz CT molecular complexity index is 1460. The first-order chi connectivity index (χ1) is 29.5. The molecule has 0 amide bonds. The monoisotopic (exact) mass is 874 g/mol. The van der Waals surface area contributed by atoms with Crippen LogP contribution in [-0.4, -0.2) is 71.1 Å². The lowest BCUT2D eigenvalue weighted by Gasteiger charge is -2.20. The molecule has 0 aliphatic rings. The number of hydrogen-bond donors (Lipinski definition) is 4. The molecule has 344 valence electrons. The average Bonchev–Trinajstić information content (AvgIpc) is 3.24. The van der Waals surface area contributed by atoms with Gasteiger partial charge in [-0.25, -0.2) is 4.57 Å². The van der Waals surface area contributed by atoms with Gasteiger partial charge in [0.15, 0.2) is 6.10 Å². The third kappa shape index (κ3) is 41.2. The van der Waals surface area contributed by atoms with Gasteiger partial charge in [0.25, 0.3) is 0 Å². The summed E-state index contributed by atoms with van der Waals surface area (Å²) in [5, 5.41) is 18.4. The number of phosphoric ester groups is 1. The number of aliphatic carboxylic acids is 1. The third-order valence-electron chi connectivity index (χ3n) is 8.66. The number of hydrogen-bond acceptors (Lipinski definition) is 10. The molecule has 12 nitrogen and oxygen atoms in total. The lowest BCUT2D eigenvalue weighted by Crippen LogP contribution is -2.34. The van der Waals surface area contributed by atoms with Crippen LogP contribution in [0.3, 0.4) is 0 Å². The van der Waals surface area contributed by atoms with Crippen LogP contribution >= 0.6 is 7.82 Å². The largest absolute Gasteiger partial charge is 0.480 e. The van der Waals surface area contributed by atoms with Crippen LogP contribution in [0.15, 0.2) is 109 Å². The first-order valence-corrected chi connectivity index (χ1v) is 23.5. The van der Waals surface area contributed by atoms with Crippen LogP contribution in [0.2, 0.25) is 0 Å². The Morgan fingerprint density at radius 1 is 0.590 bits per heavy atom. The number of esters is 2. The van der Waals surface area contributed by atoms with Gasteiger partial charge in [0.2, 0.25) is 0 Å². The molecular formula is C48H76NO11P. The van der Waals surface area contributed by atoms with Gasteiger partial charge >= 0.3 is 25.7 Å². The Balaban J connectivity index is 4.56. The minimum Gasteiger partial charge on any atom is -0.480 e. The van der Waals surface area contributed by atoms with Crippen molar-refractivity contribution in [1.82, 2.24) is 0 Å². The molecule has 4 atom stereocenters. The number of carbonyl (C=O) groups excluding carboxylic acids is 2. The minimum absolute atomic E-state index is 0.0546. The molecule has 61 heavy (non-hydrogen) atoms. The topological polar surface area (TPSA) is 192 Å². The highest BCUT2D eigenvalue weighted by Gasteiger charge is 2.28. The van der Waals surface area contributed by atoms with Crippen molar-refractivity contribution in [2.24, 2.45) is 5.73 Å². The number of nitrogens with two attached hydrogens (primary N) is 1. The third-order valence-corrected chi connectivity index (χ3v) is 9.61. The second-order valence-electron chi connectivity index (χ2n) is 14.3. The summed E-state index contributed by atoms with van der Waals surface area (Å²) in [6, 6.07) is -1.55.